The van der Waals surface area contributed by atoms with Gasteiger partial charge in [0, 0.05) is 23.8 Å². The molecule has 4 rings (SSSR count). The summed E-state index contributed by atoms with van der Waals surface area (Å²) in [5.41, 5.74) is 1.39. The number of para-hydroxylation sites is 1. The van der Waals surface area contributed by atoms with Gasteiger partial charge in [0.15, 0.2) is 11.6 Å². The van der Waals surface area contributed by atoms with E-state index in [1.54, 1.807) is 48.3 Å². The SMILES string of the molecule is CN(C1=C(c2ccc(Cl)cc2)C(=O)N(c2ccc(F)c(F)c2)C1=O)c1ccccc1. The van der Waals surface area contributed by atoms with Crippen LogP contribution < -0.4 is 9.80 Å². The van der Waals surface area contributed by atoms with E-state index >= 15 is 0 Å². The fourth-order valence-electron chi connectivity index (χ4n) is 3.35. The van der Waals surface area contributed by atoms with Crippen LogP contribution in [0.25, 0.3) is 5.57 Å². The summed E-state index contributed by atoms with van der Waals surface area (Å²) in [6.07, 6.45) is 0. The summed E-state index contributed by atoms with van der Waals surface area (Å²) in [7, 11) is 1.67. The number of anilines is 2. The van der Waals surface area contributed by atoms with Crippen LogP contribution >= 0.6 is 11.6 Å². The highest BCUT2D eigenvalue weighted by atomic mass is 35.5. The number of carbonyl (C=O) groups excluding carboxylic acids is 2. The smallest absolute Gasteiger partial charge is 0.282 e. The normalized spacial score (nSPS) is 13.9. The molecule has 3 aromatic carbocycles. The molecular weight excluding hydrogens is 410 g/mol. The van der Waals surface area contributed by atoms with Crippen LogP contribution in [0.15, 0.2) is 78.5 Å². The Bertz CT molecular complexity index is 1180. The standard InChI is InChI=1S/C23H15ClF2N2O2/c1-27(16-5-3-2-4-6-16)21-20(14-7-9-15(24)10-8-14)22(29)28(23(21)30)17-11-12-18(25)19(26)13-17/h2-13H,1H3. The number of likely N-dealkylation sites (N-methyl/N-ethyl adjacent to an activating group) is 1. The van der Waals surface area contributed by atoms with Crippen molar-refractivity contribution in [1.29, 1.82) is 0 Å². The molecule has 0 saturated heterocycles. The predicted molar refractivity (Wildman–Crippen MR) is 112 cm³/mol. The topological polar surface area (TPSA) is 40.6 Å². The summed E-state index contributed by atoms with van der Waals surface area (Å²) < 4.78 is 27.2. The van der Waals surface area contributed by atoms with Crippen LogP contribution in [0.2, 0.25) is 5.02 Å². The fraction of sp³-hybridized carbons (Fsp3) is 0.0435. The number of hydrogen-bond acceptors (Lipinski definition) is 3. The van der Waals surface area contributed by atoms with E-state index < -0.39 is 23.4 Å². The van der Waals surface area contributed by atoms with E-state index in [-0.39, 0.29) is 17.0 Å². The summed E-state index contributed by atoms with van der Waals surface area (Å²) in [5, 5.41) is 0.478. The zero-order valence-electron chi connectivity index (χ0n) is 15.8. The first-order chi connectivity index (χ1) is 14.4. The minimum absolute atomic E-state index is 0.0492. The zero-order valence-corrected chi connectivity index (χ0v) is 16.5. The summed E-state index contributed by atoms with van der Waals surface area (Å²) in [5.74, 6) is -3.48. The van der Waals surface area contributed by atoms with Gasteiger partial charge < -0.3 is 4.90 Å². The van der Waals surface area contributed by atoms with Gasteiger partial charge in [0.05, 0.1) is 11.3 Å². The molecule has 3 aromatic rings. The lowest BCUT2D eigenvalue weighted by Crippen LogP contribution is -2.34. The quantitative estimate of drug-likeness (QED) is 0.551. The van der Waals surface area contributed by atoms with Crippen molar-refractivity contribution in [2.24, 2.45) is 0 Å². The molecule has 0 atom stereocenters. The molecule has 4 nitrogen and oxygen atoms in total. The lowest BCUT2D eigenvalue weighted by atomic mass is 10.0. The third kappa shape index (κ3) is 3.35. The molecule has 0 fully saturated rings. The summed E-state index contributed by atoms with van der Waals surface area (Å²) in [6.45, 7) is 0. The maximum atomic E-state index is 13.8. The Labute approximate surface area is 176 Å². The van der Waals surface area contributed by atoms with Crippen molar-refractivity contribution in [1.82, 2.24) is 0 Å². The summed E-state index contributed by atoms with van der Waals surface area (Å²) in [4.78, 5) is 29.1. The number of halogens is 3. The molecule has 0 aromatic heterocycles. The zero-order chi connectivity index (χ0) is 21.4. The molecule has 7 heteroatoms. The minimum Gasteiger partial charge on any atom is -0.339 e. The third-order valence-electron chi connectivity index (χ3n) is 4.83. The molecule has 0 bridgehead atoms. The van der Waals surface area contributed by atoms with Gasteiger partial charge in [-0.05, 0) is 42.0 Å². The maximum Gasteiger partial charge on any atom is 0.282 e. The lowest BCUT2D eigenvalue weighted by molar-refractivity contribution is -0.120. The molecule has 150 valence electrons. The van der Waals surface area contributed by atoms with Crippen molar-refractivity contribution in [3.05, 3.63) is 101 Å². The Hall–Kier alpha value is -3.51. The van der Waals surface area contributed by atoms with Gasteiger partial charge in [-0.2, -0.15) is 0 Å². The molecule has 30 heavy (non-hydrogen) atoms. The van der Waals surface area contributed by atoms with Crippen LogP contribution in [0.5, 0.6) is 0 Å². The Morgan fingerprint density at radius 2 is 1.50 bits per heavy atom. The van der Waals surface area contributed by atoms with Gasteiger partial charge in [0.1, 0.15) is 5.70 Å². The number of benzene rings is 3. The van der Waals surface area contributed by atoms with Crippen molar-refractivity contribution in [2.75, 3.05) is 16.8 Å². The number of carbonyl (C=O) groups is 2. The maximum absolute atomic E-state index is 13.8. The summed E-state index contributed by atoms with van der Waals surface area (Å²) in [6, 6.07) is 18.4. The van der Waals surface area contributed by atoms with E-state index in [4.69, 9.17) is 11.6 Å². The molecule has 0 N–H and O–H groups in total. The van der Waals surface area contributed by atoms with Gasteiger partial charge in [-0.15, -0.1) is 0 Å². The highest BCUT2D eigenvalue weighted by molar-refractivity contribution is 6.46. The van der Waals surface area contributed by atoms with Gasteiger partial charge >= 0.3 is 0 Å². The monoisotopic (exact) mass is 424 g/mol. The molecule has 0 unspecified atom stereocenters. The number of rotatable bonds is 4. The Morgan fingerprint density at radius 1 is 0.833 bits per heavy atom. The van der Waals surface area contributed by atoms with E-state index in [0.29, 0.717) is 16.3 Å². The Balaban J connectivity index is 1.88. The largest absolute Gasteiger partial charge is 0.339 e. The second-order valence-corrected chi connectivity index (χ2v) is 7.11. The Kier molecular flexibility index (Phi) is 5.10. The van der Waals surface area contributed by atoms with Gasteiger partial charge in [0.25, 0.3) is 11.8 Å². The first-order valence-electron chi connectivity index (χ1n) is 9.01. The van der Waals surface area contributed by atoms with Crippen LogP contribution in [0, 0.1) is 11.6 Å². The van der Waals surface area contributed by atoms with Crippen molar-refractivity contribution < 1.29 is 18.4 Å². The molecule has 2 amide bonds. The average molecular weight is 425 g/mol. The van der Waals surface area contributed by atoms with E-state index in [1.807, 2.05) is 18.2 Å². The highest BCUT2D eigenvalue weighted by Gasteiger charge is 2.42. The summed E-state index contributed by atoms with van der Waals surface area (Å²) >= 11 is 5.97. The van der Waals surface area contributed by atoms with E-state index in [1.165, 1.54) is 6.07 Å². The lowest BCUT2D eigenvalue weighted by Gasteiger charge is -2.21. The van der Waals surface area contributed by atoms with Crippen LogP contribution in [-0.2, 0) is 9.59 Å². The fourth-order valence-corrected chi connectivity index (χ4v) is 3.47. The van der Waals surface area contributed by atoms with Gasteiger partial charge in [-0.25, -0.2) is 13.7 Å². The van der Waals surface area contributed by atoms with Crippen LogP contribution in [0.1, 0.15) is 5.56 Å². The minimum atomic E-state index is -1.15. The van der Waals surface area contributed by atoms with Gasteiger partial charge in [0.2, 0.25) is 0 Å². The third-order valence-corrected chi connectivity index (χ3v) is 5.08. The van der Waals surface area contributed by atoms with Crippen molar-refractivity contribution in [3.8, 4) is 0 Å². The molecule has 1 aliphatic rings. The molecule has 0 aliphatic carbocycles. The molecule has 1 aliphatic heterocycles. The molecule has 0 radical (unpaired) electrons. The second kappa shape index (κ2) is 7.72. The average Bonchev–Trinajstić information content (AvgIpc) is 3.01. The van der Waals surface area contributed by atoms with E-state index in [2.05, 4.69) is 0 Å². The van der Waals surface area contributed by atoms with Crippen molar-refractivity contribution in [3.63, 3.8) is 0 Å². The first kappa shape index (κ1) is 19.8. The molecular formula is C23H15ClF2N2O2. The van der Waals surface area contributed by atoms with Crippen LogP contribution in [-0.4, -0.2) is 18.9 Å². The molecule has 1 heterocycles. The number of hydrogen-bond donors (Lipinski definition) is 0. The first-order valence-corrected chi connectivity index (χ1v) is 9.39. The Morgan fingerprint density at radius 3 is 2.13 bits per heavy atom. The molecule has 0 spiro atoms. The van der Waals surface area contributed by atoms with Gasteiger partial charge in [-0.3, -0.25) is 9.59 Å². The van der Waals surface area contributed by atoms with Gasteiger partial charge in [-0.1, -0.05) is 41.9 Å². The van der Waals surface area contributed by atoms with E-state index in [9.17, 15) is 18.4 Å². The van der Waals surface area contributed by atoms with Crippen LogP contribution in [0.4, 0.5) is 20.2 Å². The predicted octanol–water partition coefficient (Wildman–Crippen LogP) is 5.04. The number of nitrogens with zero attached hydrogens (tertiary/aromatic N) is 2. The number of amides is 2. The number of imide groups is 1. The second-order valence-electron chi connectivity index (χ2n) is 6.67. The highest BCUT2D eigenvalue weighted by Crippen LogP contribution is 2.36. The van der Waals surface area contributed by atoms with Crippen LogP contribution in [0.3, 0.4) is 0 Å². The van der Waals surface area contributed by atoms with E-state index in [0.717, 1.165) is 17.0 Å². The molecule has 0 saturated carbocycles. The van der Waals surface area contributed by atoms with Crippen molar-refractivity contribution in [2.45, 2.75) is 0 Å². The van der Waals surface area contributed by atoms with Crippen molar-refractivity contribution >= 4 is 40.4 Å².